The van der Waals surface area contributed by atoms with Crippen molar-refractivity contribution in [3.63, 3.8) is 0 Å². The Kier molecular flexibility index (Phi) is 21.3. The Labute approximate surface area is 225 Å². The maximum atomic E-state index is 12.6. The lowest BCUT2D eigenvalue weighted by Gasteiger charge is -2.42. The molecule has 0 saturated carbocycles. The molecule has 0 bridgehead atoms. The highest BCUT2D eigenvalue weighted by Gasteiger charge is 2.44. The van der Waals surface area contributed by atoms with Gasteiger partial charge in [-0.2, -0.15) is 0 Å². The molecule has 0 aliphatic heterocycles. The molecule has 0 aliphatic rings. The summed E-state index contributed by atoms with van der Waals surface area (Å²) in [5, 5.41) is 0. The molecule has 0 aromatic rings. The van der Waals surface area contributed by atoms with Gasteiger partial charge in [0, 0.05) is 18.3 Å². The molecule has 0 aromatic heterocycles. The normalized spacial score (nSPS) is 13.4. The van der Waals surface area contributed by atoms with E-state index in [1.165, 1.54) is 89.9 Å². The second kappa shape index (κ2) is 22.0. The van der Waals surface area contributed by atoms with E-state index in [4.69, 9.17) is 9.47 Å². The first kappa shape index (κ1) is 34.9. The highest BCUT2D eigenvalue weighted by molar-refractivity contribution is 5.70. The molecule has 0 fully saturated rings. The maximum absolute atomic E-state index is 12.6. The highest BCUT2D eigenvalue weighted by atomic mass is 16.6. The van der Waals surface area contributed by atoms with E-state index in [1.807, 2.05) is 27.7 Å². The SMILES string of the molecule is CCCCCCCCCCCC(=O)OCC(C)(C)C(C)(CC)OC(=O)CCCCCCCCCCC. The number of hydrogen-bond donors (Lipinski definition) is 0. The molecule has 0 radical (unpaired) electrons. The zero-order valence-electron chi connectivity index (χ0n) is 25.2. The van der Waals surface area contributed by atoms with Crippen molar-refractivity contribution in [2.75, 3.05) is 6.61 Å². The Balaban J connectivity index is 4.12. The van der Waals surface area contributed by atoms with E-state index in [0.717, 1.165) is 25.7 Å². The van der Waals surface area contributed by atoms with E-state index in [0.29, 0.717) is 19.3 Å². The van der Waals surface area contributed by atoms with Crippen molar-refractivity contribution in [1.29, 1.82) is 0 Å². The molecule has 0 N–H and O–H groups in total. The van der Waals surface area contributed by atoms with Gasteiger partial charge in [0.05, 0.1) is 0 Å². The minimum atomic E-state index is -0.651. The molecule has 0 aromatic carbocycles. The summed E-state index contributed by atoms with van der Waals surface area (Å²) >= 11 is 0. The van der Waals surface area contributed by atoms with E-state index < -0.39 is 11.0 Å². The first-order chi connectivity index (χ1) is 17.2. The number of carbonyl (C=O) groups excluding carboxylic acids is 2. The van der Waals surface area contributed by atoms with Crippen LogP contribution in [0.1, 0.15) is 176 Å². The predicted molar refractivity (Wildman–Crippen MR) is 153 cm³/mol. The van der Waals surface area contributed by atoms with Crippen LogP contribution in [0.25, 0.3) is 0 Å². The molecule has 0 spiro atoms. The van der Waals surface area contributed by atoms with Crippen molar-refractivity contribution >= 4 is 11.9 Å². The quantitative estimate of drug-likeness (QED) is 0.0905. The van der Waals surface area contributed by atoms with Gasteiger partial charge in [0.2, 0.25) is 0 Å². The minimum absolute atomic E-state index is 0.128. The monoisotopic (exact) mass is 510 g/mol. The average molecular weight is 511 g/mol. The second-order valence-corrected chi connectivity index (χ2v) is 11.8. The van der Waals surface area contributed by atoms with Crippen LogP contribution in [0.3, 0.4) is 0 Å². The maximum Gasteiger partial charge on any atom is 0.306 e. The second-order valence-electron chi connectivity index (χ2n) is 11.8. The number of esters is 2. The molecule has 36 heavy (non-hydrogen) atoms. The summed E-state index contributed by atoms with van der Waals surface area (Å²) in [5.41, 5.74) is -1.09. The fraction of sp³-hybridized carbons (Fsp3) is 0.938. The largest absolute Gasteiger partial charge is 0.465 e. The van der Waals surface area contributed by atoms with Crippen LogP contribution in [0.4, 0.5) is 0 Å². The Hall–Kier alpha value is -1.06. The summed E-state index contributed by atoms with van der Waals surface area (Å²) in [4.78, 5) is 24.9. The average Bonchev–Trinajstić information content (AvgIpc) is 2.85. The van der Waals surface area contributed by atoms with Crippen molar-refractivity contribution in [2.24, 2.45) is 5.41 Å². The Morgan fingerprint density at radius 1 is 0.528 bits per heavy atom. The van der Waals surface area contributed by atoms with Gasteiger partial charge in [0.15, 0.2) is 0 Å². The van der Waals surface area contributed by atoms with E-state index in [-0.39, 0.29) is 18.5 Å². The molecule has 0 amide bonds. The lowest BCUT2D eigenvalue weighted by Crippen LogP contribution is -2.48. The molecule has 1 unspecified atom stereocenters. The van der Waals surface area contributed by atoms with Crippen LogP contribution in [0, 0.1) is 5.41 Å². The van der Waals surface area contributed by atoms with Crippen LogP contribution in [-0.2, 0) is 19.1 Å². The number of hydrogen-bond acceptors (Lipinski definition) is 4. The van der Waals surface area contributed by atoms with Gasteiger partial charge in [0.25, 0.3) is 0 Å². The van der Waals surface area contributed by atoms with Crippen LogP contribution in [0.15, 0.2) is 0 Å². The summed E-state index contributed by atoms with van der Waals surface area (Å²) < 4.78 is 11.6. The van der Waals surface area contributed by atoms with E-state index >= 15 is 0 Å². The van der Waals surface area contributed by atoms with Crippen molar-refractivity contribution in [2.45, 2.75) is 182 Å². The molecule has 0 saturated heterocycles. The van der Waals surface area contributed by atoms with Gasteiger partial charge in [-0.25, -0.2) is 0 Å². The predicted octanol–water partition coefficient (Wildman–Crippen LogP) is 10.1. The molecule has 0 aliphatic carbocycles. The van der Waals surface area contributed by atoms with Gasteiger partial charge in [0.1, 0.15) is 12.2 Å². The first-order valence-electron chi connectivity index (χ1n) is 15.6. The van der Waals surface area contributed by atoms with Crippen LogP contribution >= 0.6 is 0 Å². The van der Waals surface area contributed by atoms with Crippen LogP contribution in [0.5, 0.6) is 0 Å². The molecule has 4 heteroatoms. The molecule has 4 nitrogen and oxygen atoms in total. The number of unbranched alkanes of at least 4 members (excludes halogenated alkanes) is 16. The Morgan fingerprint density at radius 2 is 0.889 bits per heavy atom. The van der Waals surface area contributed by atoms with E-state index in [1.54, 1.807) is 0 Å². The van der Waals surface area contributed by atoms with Crippen LogP contribution in [0.2, 0.25) is 0 Å². The molecule has 1 atom stereocenters. The van der Waals surface area contributed by atoms with Gasteiger partial charge >= 0.3 is 11.9 Å². The van der Waals surface area contributed by atoms with Crippen molar-refractivity contribution in [3.8, 4) is 0 Å². The fourth-order valence-electron chi connectivity index (χ4n) is 4.64. The van der Waals surface area contributed by atoms with Crippen LogP contribution in [-0.4, -0.2) is 24.1 Å². The third-order valence-corrected chi connectivity index (χ3v) is 8.01. The van der Waals surface area contributed by atoms with Gasteiger partial charge in [-0.3, -0.25) is 9.59 Å². The first-order valence-corrected chi connectivity index (χ1v) is 15.6. The van der Waals surface area contributed by atoms with Crippen molar-refractivity contribution in [1.82, 2.24) is 0 Å². The lowest BCUT2D eigenvalue weighted by molar-refractivity contribution is -0.180. The molecule has 0 rings (SSSR count). The third-order valence-electron chi connectivity index (χ3n) is 8.01. The molecular formula is C32H62O4. The number of ether oxygens (including phenoxy) is 2. The van der Waals surface area contributed by atoms with E-state index in [2.05, 4.69) is 13.8 Å². The third kappa shape index (κ3) is 17.4. The summed E-state index contributed by atoms with van der Waals surface area (Å²) in [5.74, 6) is -0.262. The summed E-state index contributed by atoms with van der Waals surface area (Å²) in [6.07, 6.45) is 23.8. The van der Waals surface area contributed by atoms with Gasteiger partial charge in [-0.1, -0.05) is 137 Å². The molecule has 214 valence electrons. The summed E-state index contributed by atoms with van der Waals surface area (Å²) in [6, 6.07) is 0. The lowest BCUT2D eigenvalue weighted by atomic mass is 9.74. The molecular weight excluding hydrogens is 448 g/mol. The summed E-state index contributed by atoms with van der Waals surface area (Å²) in [7, 11) is 0. The smallest absolute Gasteiger partial charge is 0.306 e. The topological polar surface area (TPSA) is 52.6 Å². The molecule has 0 heterocycles. The Bertz CT molecular complexity index is 542. The standard InChI is InChI=1S/C32H62O4/c1-7-10-12-14-16-18-20-22-24-26-29(33)35-28-31(4,5)32(6,9-3)36-30(34)27-25-23-21-19-17-15-13-11-8-2/h7-28H2,1-6H3. The Morgan fingerprint density at radius 3 is 1.28 bits per heavy atom. The van der Waals surface area contributed by atoms with Crippen molar-refractivity contribution < 1.29 is 19.1 Å². The van der Waals surface area contributed by atoms with Gasteiger partial charge < -0.3 is 9.47 Å². The fourth-order valence-corrected chi connectivity index (χ4v) is 4.64. The number of rotatable bonds is 25. The minimum Gasteiger partial charge on any atom is -0.465 e. The van der Waals surface area contributed by atoms with Crippen LogP contribution < -0.4 is 0 Å². The van der Waals surface area contributed by atoms with Gasteiger partial charge in [-0.05, 0) is 26.2 Å². The van der Waals surface area contributed by atoms with E-state index in [9.17, 15) is 9.59 Å². The zero-order chi connectivity index (χ0) is 27.1. The highest BCUT2D eigenvalue weighted by Crippen LogP contribution is 2.38. The summed E-state index contributed by atoms with van der Waals surface area (Å²) in [6.45, 7) is 12.9. The zero-order valence-corrected chi connectivity index (χ0v) is 25.2. The van der Waals surface area contributed by atoms with Gasteiger partial charge in [-0.15, -0.1) is 0 Å². The van der Waals surface area contributed by atoms with Crippen molar-refractivity contribution in [3.05, 3.63) is 0 Å². The number of carbonyl (C=O) groups is 2.